The van der Waals surface area contributed by atoms with Gasteiger partial charge in [0.1, 0.15) is 12.4 Å². The van der Waals surface area contributed by atoms with E-state index >= 15 is 0 Å². The van der Waals surface area contributed by atoms with E-state index in [0.29, 0.717) is 18.1 Å². The molecule has 0 aliphatic rings. The summed E-state index contributed by atoms with van der Waals surface area (Å²) in [6.07, 6.45) is 0. The van der Waals surface area contributed by atoms with Crippen molar-refractivity contribution in [2.24, 2.45) is 0 Å². The van der Waals surface area contributed by atoms with E-state index in [0.717, 1.165) is 28.1 Å². The quantitative estimate of drug-likeness (QED) is 0.369. The molecule has 0 atom stereocenters. The van der Waals surface area contributed by atoms with Crippen molar-refractivity contribution >= 4 is 23.4 Å². The van der Waals surface area contributed by atoms with E-state index in [2.05, 4.69) is 10.6 Å². The molecule has 0 aliphatic carbocycles. The first-order chi connectivity index (χ1) is 16.9. The molecule has 0 aliphatic heterocycles. The van der Waals surface area contributed by atoms with E-state index in [1.54, 1.807) is 4.68 Å². The first kappa shape index (κ1) is 23.8. The molecular weight excluding hydrogens is 438 g/mol. The molecule has 2 N–H and O–H groups in total. The zero-order chi connectivity index (χ0) is 24.8. The number of aryl methyl sites for hydroxylation is 2. The van der Waals surface area contributed by atoms with Gasteiger partial charge in [0.25, 0.3) is 0 Å². The molecule has 4 rings (SSSR count). The number of hydrogen-bond donors (Lipinski definition) is 2. The van der Waals surface area contributed by atoms with Crippen LogP contribution in [0.15, 0.2) is 84.9 Å². The highest BCUT2D eigenvalue weighted by Gasteiger charge is 2.19. The predicted molar refractivity (Wildman–Crippen MR) is 140 cm³/mol. The van der Waals surface area contributed by atoms with Crippen LogP contribution in [0, 0.1) is 13.8 Å². The van der Waals surface area contributed by atoms with Crippen molar-refractivity contribution < 1.29 is 9.59 Å². The van der Waals surface area contributed by atoms with Crippen molar-refractivity contribution in [2.75, 3.05) is 23.7 Å². The number of benzene rings is 3. The van der Waals surface area contributed by atoms with Gasteiger partial charge in [0.05, 0.1) is 11.4 Å². The van der Waals surface area contributed by atoms with Crippen LogP contribution in [0.5, 0.6) is 0 Å². The fraction of sp³-hybridized carbons (Fsp3) is 0.179. The van der Waals surface area contributed by atoms with Gasteiger partial charge in [0.15, 0.2) is 0 Å². The van der Waals surface area contributed by atoms with E-state index in [1.165, 1.54) is 4.90 Å². The van der Waals surface area contributed by atoms with Crippen LogP contribution in [0.4, 0.5) is 16.3 Å². The van der Waals surface area contributed by atoms with Crippen molar-refractivity contribution in [2.45, 2.75) is 20.8 Å². The molecule has 4 aromatic rings. The number of anilines is 2. The van der Waals surface area contributed by atoms with Gasteiger partial charge in [-0.15, -0.1) is 0 Å². The molecule has 0 bridgehead atoms. The highest BCUT2D eigenvalue weighted by molar-refractivity contribution is 5.97. The predicted octanol–water partition coefficient (Wildman–Crippen LogP) is 5.65. The second-order valence-corrected chi connectivity index (χ2v) is 8.32. The lowest BCUT2D eigenvalue weighted by molar-refractivity contribution is -0.116. The SMILES string of the molecule is CCN(CC(=O)Nc1cc(-c2ccccc2)nn1-c1ccccc1)C(=O)Nc1ccc(C)c(C)c1. The number of urea groups is 1. The van der Waals surface area contributed by atoms with Crippen molar-refractivity contribution in [1.29, 1.82) is 0 Å². The molecular formula is C28H29N5O2. The molecule has 1 aromatic heterocycles. The van der Waals surface area contributed by atoms with Gasteiger partial charge in [-0.25, -0.2) is 9.48 Å². The maximum Gasteiger partial charge on any atom is 0.322 e. The molecule has 0 spiro atoms. The van der Waals surface area contributed by atoms with Crippen molar-refractivity contribution in [3.8, 4) is 16.9 Å². The van der Waals surface area contributed by atoms with Crippen LogP contribution in [0.1, 0.15) is 18.1 Å². The van der Waals surface area contributed by atoms with Crippen LogP contribution in [0.25, 0.3) is 16.9 Å². The first-order valence-corrected chi connectivity index (χ1v) is 11.6. The minimum Gasteiger partial charge on any atom is -0.315 e. The molecule has 7 nitrogen and oxygen atoms in total. The van der Waals surface area contributed by atoms with Crippen molar-refractivity contribution in [3.63, 3.8) is 0 Å². The second kappa shape index (κ2) is 10.7. The summed E-state index contributed by atoms with van der Waals surface area (Å²) in [6.45, 7) is 6.16. The summed E-state index contributed by atoms with van der Waals surface area (Å²) in [5.74, 6) is 0.226. The molecule has 3 amide bonds. The van der Waals surface area contributed by atoms with Crippen LogP contribution in [0.2, 0.25) is 0 Å². The number of carbonyl (C=O) groups is 2. The zero-order valence-corrected chi connectivity index (χ0v) is 20.2. The summed E-state index contributed by atoms with van der Waals surface area (Å²) in [6, 6.07) is 26.6. The summed E-state index contributed by atoms with van der Waals surface area (Å²) in [7, 11) is 0. The number of likely N-dealkylation sites (N-methyl/N-ethyl adjacent to an activating group) is 1. The fourth-order valence-corrected chi connectivity index (χ4v) is 3.69. The van der Waals surface area contributed by atoms with Crippen molar-refractivity contribution in [1.82, 2.24) is 14.7 Å². The Morgan fingerprint density at radius 1 is 0.857 bits per heavy atom. The summed E-state index contributed by atoms with van der Waals surface area (Å²) >= 11 is 0. The van der Waals surface area contributed by atoms with E-state index in [9.17, 15) is 9.59 Å². The first-order valence-electron chi connectivity index (χ1n) is 11.6. The Kier molecular flexibility index (Phi) is 7.26. The lowest BCUT2D eigenvalue weighted by Crippen LogP contribution is -2.40. The third-order valence-corrected chi connectivity index (χ3v) is 5.81. The Balaban J connectivity index is 1.51. The molecule has 0 fully saturated rings. The molecule has 1 heterocycles. The van der Waals surface area contributed by atoms with Crippen LogP contribution >= 0.6 is 0 Å². The normalized spacial score (nSPS) is 10.6. The van der Waals surface area contributed by atoms with Gasteiger partial charge >= 0.3 is 6.03 Å². The Hall–Kier alpha value is -4.39. The van der Waals surface area contributed by atoms with Gasteiger partial charge < -0.3 is 15.5 Å². The Labute approximate surface area is 205 Å². The highest BCUT2D eigenvalue weighted by Crippen LogP contribution is 2.24. The number of hydrogen-bond acceptors (Lipinski definition) is 3. The number of para-hydroxylation sites is 1. The molecule has 178 valence electrons. The van der Waals surface area contributed by atoms with Crippen LogP contribution in [-0.2, 0) is 4.79 Å². The number of rotatable bonds is 7. The highest BCUT2D eigenvalue weighted by atomic mass is 16.2. The maximum absolute atomic E-state index is 13.0. The topological polar surface area (TPSA) is 79.3 Å². The largest absolute Gasteiger partial charge is 0.322 e. The van der Waals surface area contributed by atoms with E-state index < -0.39 is 0 Å². The third-order valence-electron chi connectivity index (χ3n) is 5.81. The number of nitrogens with one attached hydrogen (secondary N) is 2. The van der Waals surface area contributed by atoms with Crippen molar-refractivity contribution in [3.05, 3.63) is 96.1 Å². The van der Waals surface area contributed by atoms with Gasteiger partial charge in [-0.1, -0.05) is 54.6 Å². The van der Waals surface area contributed by atoms with Gasteiger partial charge in [0.2, 0.25) is 5.91 Å². The van der Waals surface area contributed by atoms with E-state index in [-0.39, 0.29) is 18.5 Å². The van der Waals surface area contributed by atoms with Crippen LogP contribution < -0.4 is 10.6 Å². The minimum atomic E-state index is -0.326. The summed E-state index contributed by atoms with van der Waals surface area (Å²) in [5, 5.41) is 10.5. The average molecular weight is 468 g/mol. The maximum atomic E-state index is 13.0. The van der Waals surface area contributed by atoms with Gasteiger partial charge in [-0.05, 0) is 56.2 Å². The Morgan fingerprint density at radius 3 is 2.20 bits per heavy atom. The minimum absolute atomic E-state index is 0.0895. The van der Waals surface area contributed by atoms with Crippen LogP contribution in [0.3, 0.4) is 0 Å². The molecule has 0 saturated heterocycles. The number of carbonyl (C=O) groups excluding carboxylic acids is 2. The lowest BCUT2D eigenvalue weighted by Gasteiger charge is -2.21. The fourth-order valence-electron chi connectivity index (χ4n) is 3.69. The van der Waals surface area contributed by atoms with Gasteiger partial charge in [-0.2, -0.15) is 5.10 Å². The number of amides is 3. The second-order valence-electron chi connectivity index (χ2n) is 8.32. The Bertz CT molecular complexity index is 1320. The molecule has 35 heavy (non-hydrogen) atoms. The van der Waals surface area contributed by atoms with E-state index in [4.69, 9.17) is 5.10 Å². The summed E-state index contributed by atoms with van der Waals surface area (Å²) < 4.78 is 1.70. The third kappa shape index (κ3) is 5.76. The Morgan fingerprint density at radius 2 is 1.54 bits per heavy atom. The zero-order valence-electron chi connectivity index (χ0n) is 20.2. The van der Waals surface area contributed by atoms with Gasteiger partial charge in [-0.3, -0.25) is 4.79 Å². The summed E-state index contributed by atoms with van der Waals surface area (Å²) in [5.41, 5.74) is 5.45. The summed E-state index contributed by atoms with van der Waals surface area (Å²) in [4.78, 5) is 27.3. The smallest absolute Gasteiger partial charge is 0.315 e. The number of aromatic nitrogens is 2. The average Bonchev–Trinajstić information content (AvgIpc) is 3.29. The van der Waals surface area contributed by atoms with Gasteiger partial charge in [0, 0.05) is 23.9 Å². The molecule has 0 unspecified atom stereocenters. The molecule has 7 heteroatoms. The number of nitrogens with zero attached hydrogens (tertiary/aromatic N) is 3. The molecule has 0 radical (unpaired) electrons. The standard InChI is InChI=1S/C28H29N5O2/c1-4-32(28(35)29-23-16-15-20(2)21(3)17-23)19-27(34)30-26-18-25(22-11-7-5-8-12-22)31-33(26)24-13-9-6-10-14-24/h5-18H,4,19H2,1-3H3,(H,29,35)(H,30,34). The molecule has 0 saturated carbocycles. The van der Waals surface area contributed by atoms with E-state index in [1.807, 2.05) is 106 Å². The monoisotopic (exact) mass is 467 g/mol. The lowest BCUT2D eigenvalue weighted by atomic mass is 10.1. The molecule has 3 aromatic carbocycles. The van der Waals surface area contributed by atoms with Crippen LogP contribution in [-0.4, -0.2) is 39.7 Å².